The molecule has 0 aromatic carbocycles. The average molecular weight is 283 g/mol. The summed E-state index contributed by atoms with van der Waals surface area (Å²) >= 11 is 5.93. The number of halogens is 1. The summed E-state index contributed by atoms with van der Waals surface area (Å²) in [6, 6.07) is 0.368. The summed E-state index contributed by atoms with van der Waals surface area (Å²) in [6.07, 6.45) is 4.90. The van der Waals surface area contributed by atoms with Crippen molar-refractivity contribution in [2.75, 3.05) is 11.1 Å². The van der Waals surface area contributed by atoms with Crippen LogP contribution in [0.25, 0.3) is 0 Å². The van der Waals surface area contributed by atoms with E-state index >= 15 is 0 Å². The zero-order chi connectivity index (χ0) is 14.3. The van der Waals surface area contributed by atoms with Gasteiger partial charge in [0.15, 0.2) is 11.0 Å². The second kappa shape index (κ2) is 4.82. The van der Waals surface area contributed by atoms with Gasteiger partial charge in [0, 0.05) is 6.04 Å². The second-order valence-corrected chi connectivity index (χ2v) is 7.54. The zero-order valence-corrected chi connectivity index (χ0v) is 12.9. The molecule has 0 spiro atoms. The predicted molar refractivity (Wildman–Crippen MR) is 80.3 cm³/mol. The SMILES string of the molecule is CC1(C)CC(Nc2ncnc(Cl)c2N)CC(C)(C)C1. The average Bonchev–Trinajstić information content (AvgIpc) is 2.20. The summed E-state index contributed by atoms with van der Waals surface area (Å²) in [5.74, 6) is 0.651. The summed E-state index contributed by atoms with van der Waals surface area (Å²) in [5, 5.41) is 3.75. The van der Waals surface area contributed by atoms with Crippen molar-refractivity contribution in [1.29, 1.82) is 0 Å². The van der Waals surface area contributed by atoms with Gasteiger partial charge in [0.25, 0.3) is 0 Å². The Hall–Kier alpha value is -1.03. The molecule has 5 heteroatoms. The standard InChI is InChI=1S/C14H23ClN4/c1-13(2)5-9(6-14(3,4)7-13)19-12-10(16)11(15)17-8-18-12/h8-9H,5-7,16H2,1-4H3,(H,17,18,19). The van der Waals surface area contributed by atoms with Crippen molar-refractivity contribution < 1.29 is 0 Å². The number of nitrogens with two attached hydrogens (primary N) is 1. The molecule has 1 heterocycles. The van der Waals surface area contributed by atoms with Crippen LogP contribution in [0.1, 0.15) is 47.0 Å². The van der Waals surface area contributed by atoms with E-state index in [0.717, 1.165) is 12.8 Å². The fourth-order valence-electron chi connectivity index (χ4n) is 3.63. The summed E-state index contributed by atoms with van der Waals surface area (Å²) in [4.78, 5) is 8.08. The number of nitrogens with one attached hydrogen (secondary N) is 1. The maximum absolute atomic E-state index is 5.93. The van der Waals surface area contributed by atoms with E-state index in [0.29, 0.717) is 33.5 Å². The maximum atomic E-state index is 5.93. The van der Waals surface area contributed by atoms with Gasteiger partial charge in [-0.25, -0.2) is 9.97 Å². The number of nitrogen functional groups attached to an aromatic ring is 1. The van der Waals surface area contributed by atoms with Crippen molar-refractivity contribution in [2.24, 2.45) is 10.8 Å². The largest absolute Gasteiger partial charge is 0.393 e. The first kappa shape index (κ1) is 14.4. The molecule has 2 rings (SSSR count). The summed E-state index contributed by atoms with van der Waals surface area (Å²) in [6.45, 7) is 9.27. The molecule has 0 amide bonds. The van der Waals surface area contributed by atoms with Crippen LogP contribution in [0, 0.1) is 10.8 Å². The van der Waals surface area contributed by atoms with Crippen LogP contribution in [0.2, 0.25) is 5.15 Å². The fourth-order valence-corrected chi connectivity index (χ4v) is 3.76. The monoisotopic (exact) mass is 282 g/mol. The number of anilines is 2. The second-order valence-electron chi connectivity index (χ2n) is 7.18. The molecule has 1 fully saturated rings. The molecule has 106 valence electrons. The van der Waals surface area contributed by atoms with Gasteiger partial charge < -0.3 is 11.1 Å². The van der Waals surface area contributed by atoms with E-state index in [2.05, 4.69) is 43.0 Å². The number of rotatable bonds is 2. The van der Waals surface area contributed by atoms with E-state index in [1.165, 1.54) is 12.7 Å². The van der Waals surface area contributed by atoms with Gasteiger partial charge in [-0.1, -0.05) is 39.3 Å². The van der Waals surface area contributed by atoms with Crippen molar-refractivity contribution >= 4 is 23.1 Å². The molecule has 0 aliphatic heterocycles. The Morgan fingerprint density at radius 1 is 1.21 bits per heavy atom. The Morgan fingerprint density at radius 2 is 1.79 bits per heavy atom. The highest BCUT2D eigenvalue weighted by Crippen LogP contribution is 2.46. The Morgan fingerprint density at radius 3 is 2.37 bits per heavy atom. The molecule has 1 aromatic rings. The quantitative estimate of drug-likeness (QED) is 0.811. The molecule has 4 nitrogen and oxygen atoms in total. The number of nitrogens with zero attached hydrogens (tertiary/aromatic N) is 2. The van der Waals surface area contributed by atoms with Gasteiger partial charge in [-0.05, 0) is 30.1 Å². The Labute approximate surface area is 120 Å². The molecule has 0 bridgehead atoms. The van der Waals surface area contributed by atoms with E-state index < -0.39 is 0 Å². The van der Waals surface area contributed by atoms with Gasteiger partial charge in [0.05, 0.1) is 0 Å². The normalized spacial score (nSPS) is 22.2. The highest BCUT2D eigenvalue weighted by atomic mass is 35.5. The highest BCUT2D eigenvalue weighted by Gasteiger charge is 2.38. The zero-order valence-electron chi connectivity index (χ0n) is 12.1. The fraction of sp³-hybridized carbons (Fsp3) is 0.714. The van der Waals surface area contributed by atoms with Crippen LogP contribution >= 0.6 is 11.6 Å². The Bertz CT molecular complexity index is 455. The van der Waals surface area contributed by atoms with Gasteiger partial charge in [0.2, 0.25) is 0 Å². The van der Waals surface area contributed by atoms with Crippen LogP contribution < -0.4 is 11.1 Å². The van der Waals surface area contributed by atoms with Gasteiger partial charge in [0.1, 0.15) is 12.0 Å². The molecule has 0 unspecified atom stereocenters. The van der Waals surface area contributed by atoms with Gasteiger partial charge in [-0.3, -0.25) is 0 Å². The van der Waals surface area contributed by atoms with Gasteiger partial charge in [-0.2, -0.15) is 0 Å². The number of aromatic nitrogens is 2. The van der Waals surface area contributed by atoms with Crippen molar-refractivity contribution in [3.63, 3.8) is 0 Å². The number of hydrogen-bond acceptors (Lipinski definition) is 4. The van der Waals surface area contributed by atoms with E-state index in [1.54, 1.807) is 0 Å². The smallest absolute Gasteiger partial charge is 0.157 e. The third-order valence-electron chi connectivity index (χ3n) is 3.73. The highest BCUT2D eigenvalue weighted by molar-refractivity contribution is 6.32. The lowest BCUT2D eigenvalue weighted by Crippen LogP contribution is -2.40. The van der Waals surface area contributed by atoms with Crippen molar-refractivity contribution in [3.05, 3.63) is 11.5 Å². The van der Waals surface area contributed by atoms with E-state index in [4.69, 9.17) is 17.3 Å². The van der Waals surface area contributed by atoms with Crippen molar-refractivity contribution in [3.8, 4) is 0 Å². The molecule has 0 radical (unpaired) electrons. The number of hydrogen-bond donors (Lipinski definition) is 2. The predicted octanol–water partition coefficient (Wildman–Crippen LogP) is 3.73. The van der Waals surface area contributed by atoms with Crippen molar-refractivity contribution in [2.45, 2.75) is 53.0 Å². The summed E-state index contributed by atoms with van der Waals surface area (Å²) in [7, 11) is 0. The van der Waals surface area contributed by atoms with E-state index in [1.807, 2.05) is 0 Å². The first-order valence-corrected chi connectivity index (χ1v) is 7.09. The molecule has 1 aromatic heterocycles. The van der Waals surface area contributed by atoms with Gasteiger partial charge in [-0.15, -0.1) is 0 Å². The minimum Gasteiger partial charge on any atom is -0.393 e. The lowest BCUT2D eigenvalue weighted by Gasteiger charge is -2.45. The molecule has 3 N–H and O–H groups in total. The first-order valence-electron chi connectivity index (χ1n) is 6.71. The van der Waals surface area contributed by atoms with Crippen LogP contribution in [0.4, 0.5) is 11.5 Å². The summed E-state index contributed by atoms with van der Waals surface area (Å²) in [5.41, 5.74) is 7.00. The van der Waals surface area contributed by atoms with Crippen LogP contribution in [0.15, 0.2) is 6.33 Å². The van der Waals surface area contributed by atoms with Gasteiger partial charge >= 0.3 is 0 Å². The maximum Gasteiger partial charge on any atom is 0.157 e. The van der Waals surface area contributed by atoms with Crippen LogP contribution in [0.5, 0.6) is 0 Å². The van der Waals surface area contributed by atoms with Crippen molar-refractivity contribution in [1.82, 2.24) is 9.97 Å². The van der Waals surface area contributed by atoms with Crippen LogP contribution in [-0.4, -0.2) is 16.0 Å². The Balaban J connectivity index is 2.16. The minimum absolute atomic E-state index is 0.312. The van der Waals surface area contributed by atoms with E-state index in [9.17, 15) is 0 Å². The lowest BCUT2D eigenvalue weighted by molar-refractivity contribution is 0.105. The lowest BCUT2D eigenvalue weighted by atomic mass is 9.63. The molecular formula is C14H23ClN4. The van der Waals surface area contributed by atoms with Crippen LogP contribution in [-0.2, 0) is 0 Å². The molecule has 0 atom stereocenters. The topological polar surface area (TPSA) is 63.8 Å². The molecular weight excluding hydrogens is 260 g/mol. The van der Waals surface area contributed by atoms with E-state index in [-0.39, 0.29) is 0 Å². The molecule has 1 aliphatic rings. The summed E-state index contributed by atoms with van der Waals surface area (Å²) < 4.78 is 0. The minimum atomic E-state index is 0.312. The third-order valence-corrected chi connectivity index (χ3v) is 4.03. The molecule has 0 saturated heterocycles. The molecule has 19 heavy (non-hydrogen) atoms. The third kappa shape index (κ3) is 3.50. The van der Waals surface area contributed by atoms with Crippen LogP contribution in [0.3, 0.4) is 0 Å². The molecule has 1 aliphatic carbocycles. The first-order chi connectivity index (χ1) is 8.69. The Kier molecular flexibility index (Phi) is 3.65. The molecule has 1 saturated carbocycles.